The lowest BCUT2D eigenvalue weighted by Gasteiger charge is -2.19. The molecule has 0 amide bonds. The highest BCUT2D eigenvalue weighted by Gasteiger charge is 2.16. The fourth-order valence-corrected chi connectivity index (χ4v) is 5.07. The van der Waals surface area contributed by atoms with Gasteiger partial charge in [0.2, 0.25) is 0 Å². The molecule has 5 N–H and O–H groups in total. The van der Waals surface area contributed by atoms with Crippen molar-refractivity contribution >= 4 is 29.5 Å². The minimum Gasteiger partial charge on any atom is -0.481 e. The fraction of sp³-hybridized carbons (Fsp3) is 0.349. The molecular formula is C43H56ClN3O7. The second-order valence-corrected chi connectivity index (χ2v) is 13.7. The van der Waals surface area contributed by atoms with Crippen molar-refractivity contribution < 1.29 is 34.8 Å². The summed E-state index contributed by atoms with van der Waals surface area (Å²) in [4.78, 5) is 36.6. The van der Waals surface area contributed by atoms with Gasteiger partial charge in [0, 0.05) is 41.0 Å². The maximum atomic E-state index is 10.8. The molecule has 54 heavy (non-hydrogen) atoms. The van der Waals surface area contributed by atoms with Crippen molar-refractivity contribution in [2.75, 3.05) is 27.7 Å². The summed E-state index contributed by atoms with van der Waals surface area (Å²) in [5.41, 5.74) is 5.48. The Balaban J connectivity index is 0.000000376. The molecule has 292 valence electrons. The molecule has 4 rings (SSSR count). The van der Waals surface area contributed by atoms with Gasteiger partial charge in [-0.15, -0.1) is 0 Å². The third kappa shape index (κ3) is 19.8. The number of aliphatic hydroxyl groups excluding tert-OH is 1. The van der Waals surface area contributed by atoms with E-state index in [2.05, 4.69) is 61.3 Å². The Morgan fingerprint density at radius 3 is 1.74 bits per heavy atom. The lowest BCUT2D eigenvalue weighted by Crippen LogP contribution is -2.28. The van der Waals surface area contributed by atoms with Crippen molar-refractivity contribution in [2.45, 2.75) is 64.5 Å². The molecule has 0 aliphatic rings. The smallest absolute Gasteiger partial charge is 0.328 e. The molecule has 0 fully saturated rings. The summed E-state index contributed by atoms with van der Waals surface area (Å²) in [6.07, 6.45) is 4.64. The van der Waals surface area contributed by atoms with Gasteiger partial charge < -0.3 is 30.6 Å². The van der Waals surface area contributed by atoms with Gasteiger partial charge in [0.05, 0.1) is 12.0 Å². The molecular weight excluding hydrogens is 706 g/mol. The van der Waals surface area contributed by atoms with Gasteiger partial charge in [0.15, 0.2) is 0 Å². The number of benzene rings is 3. The maximum absolute atomic E-state index is 10.8. The number of halogens is 1. The first-order valence-corrected chi connectivity index (χ1v) is 18.1. The summed E-state index contributed by atoms with van der Waals surface area (Å²) in [6.45, 7) is 9.04. The third-order valence-corrected chi connectivity index (χ3v) is 8.37. The molecule has 4 atom stereocenters. The van der Waals surface area contributed by atoms with Gasteiger partial charge in [-0.2, -0.15) is 0 Å². The zero-order valence-electron chi connectivity index (χ0n) is 32.3. The van der Waals surface area contributed by atoms with Crippen molar-refractivity contribution in [3.05, 3.63) is 148 Å². The van der Waals surface area contributed by atoms with Crippen molar-refractivity contribution in [1.82, 2.24) is 15.2 Å². The van der Waals surface area contributed by atoms with Gasteiger partial charge in [0.1, 0.15) is 0 Å². The Morgan fingerprint density at radius 2 is 1.30 bits per heavy atom. The minimum atomic E-state index is -1.26. The Labute approximate surface area is 325 Å². The number of aliphatic carboxylic acids is 3. The number of hydrogen-bond acceptors (Lipinski definition) is 7. The number of carboxylic acid groups (broad SMARTS) is 3. The molecule has 0 radical (unpaired) electrons. The van der Waals surface area contributed by atoms with Crippen LogP contribution in [0.4, 0.5) is 0 Å². The van der Waals surface area contributed by atoms with Gasteiger partial charge in [-0.25, -0.2) is 9.59 Å². The first-order valence-electron chi connectivity index (χ1n) is 17.7. The summed E-state index contributed by atoms with van der Waals surface area (Å²) in [7, 11) is 6.03. The molecule has 0 aliphatic carbocycles. The molecule has 0 aliphatic heterocycles. The number of carboxylic acids is 3. The summed E-state index contributed by atoms with van der Waals surface area (Å²) < 4.78 is 0. The number of nitrogens with zero attached hydrogens (tertiary/aromatic N) is 2. The standard InChI is InChI=1S/C16H19ClN2.C13H18O2.C10H15NO.C4H4O4/c1-19(2)12-10-15(16-5-3-4-11-18-16)13-6-8-14(17)9-7-13;1-9(2)8-11-4-6-12(7-5-11)10(3)13(14)15;1-8(11-2)10(12)9-6-4-3-5-7-9;5-3(6)1-2-4(7)8/h3-9,11,15H,10,12H2,1-2H3;4-7,9-10H,8H2,1-3H3,(H,14,15);3-8,10-12H,1-2H3;1-2H,(H,5,6)(H,7,8)/b;;;2-1-/t;;8-,10+;/m..0./s1. The van der Waals surface area contributed by atoms with Crippen LogP contribution in [0.5, 0.6) is 0 Å². The van der Waals surface area contributed by atoms with Gasteiger partial charge in [-0.1, -0.05) is 98.2 Å². The van der Waals surface area contributed by atoms with E-state index in [1.54, 1.807) is 6.92 Å². The normalized spacial score (nSPS) is 12.9. The van der Waals surface area contributed by atoms with E-state index in [0.29, 0.717) is 24.0 Å². The summed E-state index contributed by atoms with van der Waals surface area (Å²) in [6, 6.07) is 31.8. The number of likely N-dealkylation sites (N-methyl/N-ethyl adjacent to an activating group) is 1. The zero-order chi connectivity index (χ0) is 40.6. The predicted octanol–water partition coefficient (Wildman–Crippen LogP) is 7.93. The van der Waals surface area contributed by atoms with E-state index >= 15 is 0 Å². The number of rotatable bonds is 14. The molecule has 0 saturated heterocycles. The van der Waals surface area contributed by atoms with Crippen LogP contribution in [0.15, 0.2) is 115 Å². The summed E-state index contributed by atoms with van der Waals surface area (Å²) in [5, 5.41) is 38.0. The van der Waals surface area contributed by atoms with Gasteiger partial charge in [0.25, 0.3) is 0 Å². The lowest BCUT2D eigenvalue weighted by atomic mass is 9.92. The molecule has 1 aromatic heterocycles. The number of aliphatic hydroxyl groups is 1. The maximum Gasteiger partial charge on any atom is 0.328 e. The van der Waals surface area contributed by atoms with Crippen LogP contribution < -0.4 is 5.32 Å². The molecule has 0 saturated carbocycles. The van der Waals surface area contributed by atoms with E-state index in [1.165, 1.54) is 11.1 Å². The third-order valence-electron chi connectivity index (χ3n) is 8.11. The minimum absolute atomic E-state index is 0.0902. The number of nitrogens with one attached hydrogen (secondary N) is 1. The average molecular weight is 762 g/mol. The van der Waals surface area contributed by atoms with Crippen molar-refractivity contribution in [1.29, 1.82) is 0 Å². The van der Waals surface area contributed by atoms with Crippen molar-refractivity contribution in [3.63, 3.8) is 0 Å². The van der Waals surface area contributed by atoms with E-state index < -0.39 is 29.9 Å². The van der Waals surface area contributed by atoms with Crippen LogP contribution in [-0.2, 0) is 20.8 Å². The lowest BCUT2D eigenvalue weighted by molar-refractivity contribution is -0.138. The van der Waals surface area contributed by atoms with Crippen LogP contribution >= 0.6 is 11.6 Å². The number of pyridine rings is 1. The quantitative estimate of drug-likeness (QED) is 0.0799. The second-order valence-electron chi connectivity index (χ2n) is 13.3. The van der Waals surface area contributed by atoms with E-state index in [4.69, 9.17) is 26.9 Å². The summed E-state index contributed by atoms with van der Waals surface area (Å²) in [5.74, 6) is -2.75. The molecule has 2 unspecified atom stereocenters. The SMILES string of the molecule is CC(C)Cc1ccc(C(C)C(=O)O)cc1.CN(C)CCC(c1ccc(Cl)cc1)c1ccccn1.CN[C@@H](C)[C@@H](O)c1ccccc1.O=C(O)/C=C\C(=O)O. The first kappa shape index (κ1) is 47.2. The highest BCUT2D eigenvalue weighted by molar-refractivity contribution is 6.30. The largest absolute Gasteiger partial charge is 0.481 e. The number of carbonyl (C=O) groups is 3. The van der Waals surface area contributed by atoms with Crippen molar-refractivity contribution in [3.8, 4) is 0 Å². The van der Waals surface area contributed by atoms with Gasteiger partial charge in [-0.3, -0.25) is 9.78 Å². The average Bonchev–Trinajstić information content (AvgIpc) is 3.15. The van der Waals surface area contributed by atoms with E-state index in [-0.39, 0.29) is 6.04 Å². The summed E-state index contributed by atoms with van der Waals surface area (Å²) >= 11 is 5.97. The Bertz CT molecular complexity index is 1650. The van der Waals surface area contributed by atoms with Crippen LogP contribution in [0.1, 0.15) is 80.0 Å². The van der Waals surface area contributed by atoms with Crippen molar-refractivity contribution in [2.24, 2.45) is 5.92 Å². The number of aromatic nitrogens is 1. The Kier molecular flexibility index (Phi) is 22.7. The highest BCUT2D eigenvalue weighted by Crippen LogP contribution is 2.27. The molecule has 0 spiro atoms. The van der Waals surface area contributed by atoms with E-state index in [0.717, 1.165) is 41.2 Å². The van der Waals surface area contributed by atoms with Crippen LogP contribution in [-0.4, -0.2) is 81.9 Å². The zero-order valence-corrected chi connectivity index (χ0v) is 33.0. The molecule has 1 heterocycles. The predicted molar refractivity (Wildman–Crippen MR) is 216 cm³/mol. The van der Waals surface area contributed by atoms with E-state index in [9.17, 15) is 19.5 Å². The molecule has 4 aromatic rings. The van der Waals surface area contributed by atoms with E-state index in [1.807, 2.05) is 99.0 Å². The fourth-order valence-electron chi connectivity index (χ4n) is 4.95. The van der Waals surface area contributed by atoms with Crippen LogP contribution in [0.25, 0.3) is 0 Å². The Hall–Kier alpha value is -4.87. The van der Waals surface area contributed by atoms with Crippen LogP contribution in [0.2, 0.25) is 5.02 Å². The Morgan fingerprint density at radius 1 is 0.759 bits per heavy atom. The van der Waals surface area contributed by atoms with Crippen LogP contribution in [0, 0.1) is 5.92 Å². The molecule has 0 bridgehead atoms. The molecule has 11 heteroatoms. The molecule has 3 aromatic carbocycles. The highest BCUT2D eigenvalue weighted by atomic mass is 35.5. The van der Waals surface area contributed by atoms with Crippen LogP contribution in [0.3, 0.4) is 0 Å². The molecule has 10 nitrogen and oxygen atoms in total. The monoisotopic (exact) mass is 761 g/mol. The topological polar surface area (TPSA) is 160 Å². The number of hydrogen-bond donors (Lipinski definition) is 5. The first-order chi connectivity index (χ1) is 25.5. The van der Waals surface area contributed by atoms with Gasteiger partial charge >= 0.3 is 17.9 Å². The second kappa shape index (κ2) is 26.0. The van der Waals surface area contributed by atoms with Gasteiger partial charge in [-0.05, 0) is 107 Å².